The average molecular weight is 469 g/mol. The summed E-state index contributed by atoms with van der Waals surface area (Å²) in [5, 5.41) is 0. The first kappa shape index (κ1) is 24.0. The van der Waals surface area contributed by atoms with Gasteiger partial charge in [-0.25, -0.2) is 8.78 Å². The molecule has 6 heteroatoms. The Morgan fingerprint density at radius 1 is 0.912 bits per heavy atom. The van der Waals surface area contributed by atoms with Crippen LogP contribution in [0.4, 0.5) is 13.2 Å². The van der Waals surface area contributed by atoms with E-state index in [-0.39, 0.29) is 23.8 Å². The van der Waals surface area contributed by atoms with Crippen LogP contribution in [-0.2, 0) is 9.47 Å². The van der Waals surface area contributed by atoms with Crippen LogP contribution in [0.25, 0.3) is 22.3 Å². The van der Waals surface area contributed by atoms with Gasteiger partial charge in [-0.15, -0.1) is 6.58 Å². The maximum Gasteiger partial charge on any atom is 0.201 e. The van der Waals surface area contributed by atoms with E-state index >= 15 is 0 Å². The van der Waals surface area contributed by atoms with E-state index in [1.165, 1.54) is 18.2 Å². The molecule has 1 fully saturated rings. The summed E-state index contributed by atoms with van der Waals surface area (Å²) in [4.78, 5) is 0. The van der Waals surface area contributed by atoms with Crippen molar-refractivity contribution in [1.29, 1.82) is 0 Å². The Morgan fingerprint density at radius 2 is 1.59 bits per heavy atom. The SMILES string of the molecule is C=CCCCOc1ccc(-c2ccc(-c3ccc(C4OCC(C)CO4)c(F)c3)cc2)c(F)c1F. The summed E-state index contributed by atoms with van der Waals surface area (Å²) in [6.45, 7) is 6.95. The second-order valence-corrected chi connectivity index (χ2v) is 8.44. The summed E-state index contributed by atoms with van der Waals surface area (Å²) in [7, 11) is 0. The molecule has 3 aromatic carbocycles. The number of unbranched alkanes of at least 4 members (excludes halogenated alkanes) is 1. The van der Waals surface area contributed by atoms with Crippen LogP contribution in [0.2, 0.25) is 0 Å². The van der Waals surface area contributed by atoms with Crippen molar-refractivity contribution < 1.29 is 27.4 Å². The molecule has 0 radical (unpaired) electrons. The largest absolute Gasteiger partial charge is 0.490 e. The first-order chi connectivity index (χ1) is 16.5. The molecule has 1 heterocycles. The summed E-state index contributed by atoms with van der Waals surface area (Å²) in [5.41, 5.74) is 2.40. The Balaban J connectivity index is 1.49. The molecule has 0 saturated carbocycles. The zero-order valence-electron chi connectivity index (χ0n) is 19.0. The van der Waals surface area contributed by atoms with Crippen molar-refractivity contribution in [2.24, 2.45) is 5.92 Å². The smallest absolute Gasteiger partial charge is 0.201 e. The number of ether oxygens (including phenoxy) is 3. The lowest BCUT2D eigenvalue weighted by molar-refractivity contribution is -0.203. The Kier molecular flexibility index (Phi) is 7.70. The third kappa shape index (κ3) is 5.34. The highest BCUT2D eigenvalue weighted by Crippen LogP contribution is 2.33. The fourth-order valence-corrected chi connectivity index (χ4v) is 3.80. The van der Waals surface area contributed by atoms with Crippen LogP contribution in [0, 0.1) is 23.4 Å². The van der Waals surface area contributed by atoms with Gasteiger partial charge in [0.1, 0.15) is 5.82 Å². The van der Waals surface area contributed by atoms with Crippen LogP contribution < -0.4 is 4.74 Å². The van der Waals surface area contributed by atoms with E-state index in [0.717, 1.165) is 12.0 Å². The summed E-state index contributed by atoms with van der Waals surface area (Å²) >= 11 is 0. The molecule has 1 aliphatic rings. The van der Waals surface area contributed by atoms with E-state index in [1.807, 2.05) is 6.92 Å². The molecule has 1 saturated heterocycles. The zero-order valence-corrected chi connectivity index (χ0v) is 19.0. The molecule has 0 aromatic heterocycles. The van der Waals surface area contributed by atoms with E-state index in [4.69, 9.17) is 14.2 Å². The number of hydrogen-bond acceptors (Lipinski definition) is 3. The molecule has 3 aromatic rings. The molecule has 4 rings (SSSR count). The van der Waals surface area contributed by atoms with E-state index in [0.29, 0.717) is 36.3 Å². The molecule has 0 N–H and O–H groups in total. The highest BCUT2D eigenvalue weighted by Gasteiger charge is 2.24. The first-order valence-electron chi connectivity index (χ1n) is 11.3. The van der Waals surface area contributed by atoms with Gasteiger partial charge in [-0.3, -0.25) is 0 Å². The number of benzene rings is 3. The molecular weight excluding hydrogens is 441 g/mol. The van der Waals surface area contributed by atoms with Gasteiger partial charge >= 0.3 is 0 Å². The average Bonchev–Trinajstić information content (AvgIpc) is 2.85. The molecular formula is C28H27F3O3. The van der Waals surface area contributed by atoms with Gasteiger partial charge in [-0.2, -0.15) is 4.39 Å². The van der Waals surface area contributed by atoms with Gasteiger partial charge in [0.2, 0.25) is 5.82 Å². The van der Waals surface area contributed by atoms with Crippen LogP contribution in [0.1, 0.15) is 31.6 Å². The highest BCUT2D eigenvalue weighted by molar-refractivity contribution is 5.71. The third-order valence-corrected chi connectivity index (χ3v) is 5.70. The van der Waals surface area contributed by atoms with E-state index < -0.39 is 23.7 Å². The molecule has 1 aliphatic heterocycles. The standard InChI is InChI=1S/C28H27F3O3/c1-3-4-5-14-32-25-13-12-22(26(30)27(25)31)20-8-6-19(7-9-20)21-10-11-23(24(29)15-21)28-33-16-18(2)17-34-28/h3,6-13,15,18,28H,1,4-5,14,16-17H2,2H3. The Hall–Kier alpha value is -3.09. The topological polar surface area (TPSA) is 27.7 Å². The summed E-state index contributed by atoms with van der Waals surface area (Å²) in [6, 6.07) is 14.6. The van der Waals surface area contributed by atoms with E-state index in [1.54, 1.807) is 42.5 Å². The lowest BCUT2D eigenvalue weighted by Gasteiger charge is -2.27. The molecule has 0 atom stereocenters. The van der Waals surface area contributed by atoms with Crippen molar-refractivity contribution in [2.75, 3.05) is 19.8 Å². The van der Waals surface area contributed by atoms with Crippen molar-refractivity contribution >= 4 is 0 Å². The van der Waals surface area contributed by atoms with Gasteiger partial charge in [-0.1, -0.05) is 49.4 Å². The number of rotatable bonds is 8. The quantitative estimate of drug-likeness (QED) is 0.254. The second kappa shape index (κ2) is 10.9. The molecule has 0 spiro atoms. The van der Waals surface area contributed by atoms with Gasteiger partial charge < -0.3 is 14.2 Å². The van der Waals surface area contributed by atoms with E-state index in [2.05, 4.69) is 6.58 Å². The predicted molar refractivity (Wildman–Crippen MR) is 126 cm³/mol. The molecule has 0 unspecified atom stereocenters. The van der Waals surface area contributed by atoms with Gasteiger partial charge in [0.25, 0.3) is 0 Å². The van der Waals surface area contributed by atoms with Gasteiger partial charge in [0.15, 0.2) is 17.9 Å². The molecule has 0 amide bonds. The molecule has 0 aliphatic carbocycles. The highest BCUT2D eigenvalue weighted by atomic mass is 19.2. The van der Waals surface area contributed by atoms with E-state index in [9.17, 15) is 13.2 Å². The third-order valence-electron chi connectivity index (χ3n) is 5.70. The van der Waals surface area contributed by atoms with Gasteiger partial charge in [0.05, 0.1) is 19.8 Å². The molecule has 34 heavy (non-hydrogen) atoms. The van der Waals surface area contributed by atoms with Crippen molar-refractivity contribution in [2.45, 2.75) is 26.1 Å². The fourth-order valence-electron chi connectivity index (χ4n) is 3.80. The fraction of sp³-hybridized carbons (Fsp3) is 0.286. The Bertz CT molecular complexity index is 1140. The monoisotopic (exact) mass is 468 g/mol. The van der Waals surface area contributed by atoms with Crippen LogP contribution >= 0.6 is 0 Å². The minimum Gasteiger partial charge on any atom is -0.490 e. The van der Waals surface area contributed by atoms with Crippen molar-refractivity contribution in [3.63, 3.8) is 0 Å². The number of hydrogen-bond donors (Lipinski definition) is 0. The lowest BCUT2D eigenvalue weighted by Crippen LogP contribution is -2.25. The predicted octanol–water partition coefficient (Wildman–Crippen LogP) is 7.46. The maximum atomic E-state index is 14.8. The van der Waals surface area contributed by atoms with Crippen molar-refractivity contribution in [3.05, 3.63) is 90.3 Å². The van der Waals surface area contributed by atoms with Gasteiger partial charge in [-0.05, 0) is 47.7 Å². The Morgan fingerprint density at radius 3 is 2.26 bits per heavy atom. The summed E-state index contributed by atoms with van der Waals surface area (Å²) in [5.74, 6) is -2.23. The minimum absolute atomic E-state index is 0.113. The maximum absolute atomic E-state index is 14.8. The normalized spacial score (nSPS) is 18.0. The van der Waals surface area contributed by atoms with Crippen LogP contribution in [0.15, 0.2) is 67.3 Å². The lowest BCUT2D eigenvalue weighted by atomic mass is 9.98. The van der Waals surface area contributed by atoms with Crippen LogP contribution in [0.5, 0.6) is 5.75 Å². The molecule has 178 valence electrons. The minimum atomic E-state index is -1.01. The van der Waals surface area contributed by atoms with Gasteiger partial charge in [0, 0.05) is 17.0 Å². The zero-order chi connectivity index (χ0) is 24.1. The first-order valence-corrected chi connectivity index (χ1v) is 11.3. The Labute approximate surface area is 197 Å². The van der Waals surface area contributed by atoms with Crippen LogP contribution in [0.3, 0.4) is 0 Å². The summed E-state index contributed by atoms with van der Waals surface area (Å²) in [6.07, 6.45) is 2.45. The second-order valence-electron chi connectivity index (χ2n) is 8.44. The molecule has 0 bridgehead atoms. The number of allylic oxidation sites excluding steroid dienone is 1. The van der Waals surface area contributed by atoms with Crippen LogP contribution in [-0.4, -0.2) is 19.8 Å². The summed E-state index contributed by atoms with van der Waals surface area (Å²) < 4.78 is 60.5. The number of halogens is 3. The molecule has 3 nitrogen and oxygen atoms in total. The van der Waals surface area contributed by atoms with Crippen molar-refractivity contribution in [1.82, 2.24) is 0 Å². The van der Waals surface area contributed by atoms with Crippen molar-refractivity contribution in [3.8, 4) is 28.0 Å².